The monoisotopic (exact) mass is 493 g/mol. The summed E-state index contributed by atoms with van der Waals surface area (Å²) in [5.41, 5.74) is 3.30. The Morgan fingerprint density at radius 1 is 0.971 bits per heavy atom. The van der Waals surface area contributed by atoms with Gasteiger partial charge < -0.3 is 4.74 Å². The molecular formula is C19H19N5O9S. The summed E-state index contributed by atoms with van der Waals surface area (Å²) < 4.78 is 31.6. The first-order chi connectivity index (χ1) is 16.1. The molecule has 2 aromatic carbocycles. The van der Waals surface area contributed by atoms with Crippen molar-refractivity contribution < 1.29 is 32.6 Å². The molecule has 14 nitrogen and oxygen atoms in total. The number of carbonyl (C=O) groups excluding carboxylic acids is 2. The van der Waals surface area contributed by atoms with Crippen LogP contribution in [0.15, 0.2) is 47.4 Å². The van der Waals surface area contributed by atoms with Gasteiger partial charge in [-0.05, 0) is 37.1 Å². The fraction of sp³-hybridized carbons (Fsp3) is 0.263. The highest BCUT2D eigenvalue weighted by molar-refractivity contribution is 7.89. The normalized spacial score (nSPS) is 13.8. The molecule has 1 saturated heterocycles. The Morgan fingerprint density at radius 3 is 2.21 bits per heavy atom. The predicted molar refractivity (Wildman–Crippen MR) is 115 cm³/mol. The van der Waals surface area contributed by atoms with E-state index in [1.54, 1.807) is 0 Å². The molecule has 2 amide bonds. The second-order valence-corrected chi connectivity index (χ2v) is 9.03. The number of nitro benzene ring substituents is 2. The zero-order chi connectivity index (χ0) is 24.9. The van der Waals surface area contributed by atoms with Crippen LogP contribution in [0.3, 0.4) is 0 Å². The highest BCUT2D eigenvalue weighted by Crippen LogP contribution is 2.31. The topological polar surface area (TPSA) is 191 Å². The number of hydrogen-bond acceptors (Lipinski definition) is 9. The highest BCUT2D eigenvalue weighted by Gasteiger charge is 2.30. The van der Waals surface area contributed by atoms with Gasteiger partial charge in [0.1, 0.15) is 0 Å². The number of benzene rings is 2. The number of sulfonamides is 1. The maximum atomic E-state index is 12.6. The van der Waals surface area contributed by atoms with Gasteiger partial charge in [-0.25, -0.2) is 8.42 Å². The summed E-state index contributed by atoms with van der Waals surface area (Å²) in [6.07, 6.45) is 1.41. The molecule has 1 fully saturated rings. The number of nitrogens with one attached hydrogen (secondary N) is 2. The van der Waals surface area contributed by atoms with Crippen molar-refractivity contribution >= 4 is 33.2 Å². The first-order valence-electron chi connectivity index (χ1n) is 9.84. The van der Waals surface area contributed by atoms with E-state index in [9.17, 15) is 38.2 Å². The third kappa shape index (κ3) is 5.62. The van der Waals surface area contributed by atoms with Gasteiger partial charge in [0.15, 0.2) is 12.4 Å². The Labute approximate surface area is 192 Å². The molecule has 15 heteroatoms. The Kier molecular flexibility index (Phi) is 7.37. The summed E-state index contributed by atoms with van der Waals surface area (Å²) in [4.78, 5) is 44.3. The number of nitro groups is 2. The van der Waals surface area contributed by atoms with Crippen LogP contribution >= 0.6 is 0 Å². The van der Waals surface area contributed by atoms with Crippen LogP contribution in [0.25, 0.3) is 0 Å². The van der Waals surface area contributed by atoms with Gasteiger partial charge in [-0.15, -0.1) is 0 Å². The smallest absolute Gasteiger partial charge is 0.312 e. The van der Waals surface area contributed by atoms with Crippen LogP contribution in [-0.4, -0.2) is 54.1 Å². The molecule has 2 N–H and O–H groups in total. The van der Waals surface area contributed by atoms with E-state index in [1.165, 1.54) is 16.4 Å². The number of amides is 2. The standard InChI is InChI=1S/C19H19N5O9S/c25-18(20-21-19(26)13-3-5-14(6-4-13)23(27)28)12-33-17-8-7-15(11-16(17)24(29)30)34(31,32)22-9-1-2-10-22/h3-8,11H,1-2,9-10,12H2,(H,20,25)(H,21,26). The number of carbonyl (C=O) groups is 2. The van der Waals surface area contributed by atoms with Crippen molar-refractivity contribution in [2.75, 3.05) is 19.7 Å². The van der Waals surface area contributed by atoms with Crippen molar-refractivity contribution in [3.63, 3.8) is 0 Å². The number of non-ortho nitro benzene ring substituents is 1. The summed E-state index contributed by atoms with van der Waals surface area (Å²) in [6.45, 7) is -0.0557. The van der Waals surface area contributed by atoms with E-state index < -0.39 is 44.0 Å². The second kappa shape index (κ2) is 10.2. The van der Waals surface area contributed by atoms with E-state index in [0.717, 1.165) is 30.3 Å². The highest BCUT2D eigenvalue weighted by atomic mass is 32.2. The SMILES string of the molecule is O=C(COc1ccc(S(=O)(=O)N2CCCC2)cc1[N+](=O)[O-])NNC(=O)c1ccc([N+](=O)[O-])cc1. The fourth-order valence-corrected chi connectivity index (χ4v) is 4.65. The molecule has 34 heavy (non-hydrogen) atoms. The van der Waals surface area contributed by atoms with E-state index in [2.05, 4.69) is 5.43 Å². The van der Waals surface area contributed by atoms with Crippen LogP contribution in [0, 0.1) is 20.2 Å². The van der Waals surface area contributed by atoms with Gasteiger partial charge in [0, 0.05) is 36.9 Å². The van der Waals surface area contributed by atoms with Gasteiger partial charge in [0.25, 0.3) is 17.5 Å². The maximum Gasteiger partial charge on any atom is 0.312 e. The zero-order valence-corrected chi connectivity index (χ0v) is 18.3. The molecule has 0 atom stereocenters. The molecule has 0 radical (unpaired) electrons. The lowest BCUT2D eigenvalue weighted by atomic mass is 10.2. The van der Waals surface area contributed by atoms with Crippen LogP contribution in [0.4, 0.5) is 11.4 Å². The molecule has 2 aromatic rings. The third-order valence-electron chi connectivity index (χ3n) is 4.84. The van der Waals surface area contributed by atoms with Gasteiger partial charge in [0.05, 0.1) is 14.7 Å². The van der Waals surface area contributed by atoms with Crippen molar-refractivity contribution in [3.05, 3.63) is 68.3 Å². The van der Waals surface area contributed by atoms with Crippen LogP contribution in [0.1, 0.15) is 23.2 Å². The number of nitrogens with zero attached hydrogens (tertiary/aromatic N) is 3. The average molecular weight is 493 g/mol. The summed E-state index contributed by atoms with van der Waals surface area (Å²) in [5, 5.41) is 22.1. The first-order valence-corrected chi connectivity index (χ1v) is 11.3. The lowest BCUT2D eigenvalue weighted by Gasteiger charge is -2.16. The molecule has 0 saturated carbocycles. The lowest BCUT2D eigenvalue weighted by molar-refractivity contribution is -0.386. The van der Waals surface area contributed by atoms with E-state index >= 15 is 0 Å². The van der Waals surface area contributed by atoms with Gasteiger partial charge >= 0.3 is 5.69 Å². The molecule has 1 aliphatic rings. The Morgan fingerprint density at radius 2 is 1.62 bits per heavy atom. The summed E-state index contributed by atoms with van der Waals surface area (Å²) in [7, 11) is -3.89. The van der Waals surface area contributed by atoms with Crippen molar-refractivity contribution in [3.8, 4) is 5.75 Å². The van der Waals surface area contributed by atoms with Gasteiger partial charge in [-0.2, -0.15) is 4.31 Å². The van der Waals surface area contributed by atoms with E-state index in [-0.39, 0.29) is 21.9 Å². The molecule has 180 valence electrons. The molecule has 0 bridgehead atoms. The minimum absolute atomic E-state index is 0.0391. The van der Waals surface area contributed by atoms with E-state index in [1.807, 2.05) is 5.43 Å². The molecule has 0 unspecified atom stereocenters. The number of hydrogen-bond donors (Lipinski definition) is 2. The Bertz CT molecular complexity index is 1230. The molecular weight excluding hydrogens is 474 g/mol. The van der Waals surface area contributed by atoms with Crippen molar-refractivity contribution in [2.45, 2.75) is 17.7 Å². The predicted octanol–water partition coefficient (Wildman–Crippen LogP) is 1.13. The molecule has 0 spiro atoms. The van der Waals surface area contributed by atoms with Crippen LogP contribution in [-0.2, 0) is 14.8 Å². The van der Waals surface area contributed by atoms with E-state index in [4.69, 9.17) is 4.74 Å². The molecule has 0 aliphatic carbocycles. The van der Waals surface area contributed by atoms with Crippen molar-refractivity contribution in [2.24, 2.45) is 0 Å². The third-order valence-corrected chi connectivity index (χ3v) is 6.74. The average Bonchev–Trinajstić information content (AvgIpc) is 3.37. The quantitative estimate of drug-likeness (QED) is 0.401. The minimum atomic E-state index is -3.89. The number of hydrazine groups is 1. The lowest BCUT2D eigenvalue weighted by Crippen LogP contribution is -2.43. The maximum absolute atomic E-state index is 12.6. The van der Waals surface area contributed by atoms with Gasteiger partial charge in [-0.1, -0.05) is 0 Å². The number of ether oxygens (including phenoxy) is 1. The Hall–Kier alpha value is -4.11. The summed E-state index contributed by atoms with van der Waals surface area (Å²) >= 11 is 0. The van der Waals surface area contributed by atoms with Crippen LogP contribution in [0.5, 0.6) is 5.75 Å². The first kappa shape index (κ1) is 24.5. The molecule has 1 heterocycles. The molecule has 3 rings (SSSR count). The molecule has 0 aromatic heterocycles. The van der Waals surface area contributed by atoms with Crippen LogP contribution in [0.2, 0.25) is 0 Å². The Balaban J connectivity index is 1.60. The van der Waals surface area contributed by atoms with Gasteiger partial charge in [-0.3, -0.25) is 40.7 Å². The van der Waals surface area contributed by atoms with Gasteiger partial charge in [0.2, 0.25) is 10.0 Å². The second-order valence-electron chi connectivity index (χ2n) is 7.09. The van der Waals surface area contributed by atoms with Crippen molar-refractivity contribution in [1.82, 2.24) is 15.2 Å². The fourth-order valence-electron chi connectivity index (χ4n) is 3.11. The largest absolute Gasteiger partial charge is 0.477 e. The summed E-state index contributed by atoms with van der Waals surface area (Å²) in [6, 6.07) is 7.74. The summed E-state index contributed by atoms with van der Waals surface area (Å²) in [5.74, 6) is -1.95. The molecule has 1 aliphatic heterocycles. The minimum Gasteiger partial charge on any atom is -0.477 e. The van der Waals surface area contributed by atoms with E-state index in [0.29, 0.717) is 25.9 Å². The zero-order valence-electron chi connectivity index (χ0n) is 17.5. The number of rotatable bonds is 8. The van der Waals surface area contributed by atoms with Crippen molar-refractivity contribution in [1.29, 1.82) is 0 Å². The van der Waals surface area contributed by atoms with Crippen LogP contribution < -0.4 is 15.6 Å².